The smallest absolute Gasteiger partial charge is 0.246 e. The minimum absolute atomic E-state index is 0.143. The summed E-state index contributed by atoms with van der Waals surface area (Å²) < 4.78 is 0. The molecular formula is C14H20N4O4. The van der Waals surface area contributed by atoms with Crippen molar-refractivity contribution in [3.05, 3.63) is 0 Å². The number of hydrogen-bond donors (Lipinski definition) is 0. The molecule has 0 spiro atoms. The summed E-state index contributed by atoms with van der Waals surface area (Å²) in [7, 11) is 3.03. The molecule has 0 saturated carbocycles. The lowest BCUT2D eigenvalue weighted by molar-refractivity contribution is -0.140. The first-order valence-electron chi connectivity index (χ1n) is 7.49. The number of nitrogens with zero attached hydrogens (tertiary/aromatic N) is 4. The fourth-order valence-corrected chi connectivity index (χ4v) is 3.40. The van der Waals surface area contributed by atoms with Crippen LogP contribution in [0.4, 0.5) is 0 Å². The molecule has 0 radical (unpaired) electrons. The van der Waals surface area contributed by atoms with Crippen LogP contribution in [0.1, 0.15) is 12.8 Å². The summed E-state index contributed by atoms with van der Waals surface area (Å²) in [5.74, 6) is -0.582. The second kappa shape index (κ2) is 5.44. The number of likely N-dealkylation sites (N-methyl/N-ethyl adjacent to an activating group) is 2. The van der Waals surface area contributed by atoms with E-state index in [1.807, 2.05) is 9.80 Å². The van der Waals surface area contributed by atoms with Crippen LogP contribution in [-0.4, -0.2) is 95.6 Å². The predicted octanol–water partition coefficient (Wildman–Crippen LogP) is -1.88. The van der Waals surface area contributed by atoms with E-state index in [4.69, 9.17) is 0 Å². The average Bonchev–Trinajstić information content (AvgIpc) is 2.92. The van der Waals surface area contributed by atoms with Gasteiger partial charge in [-0.05, 0) is 0 Å². The molecule has 8 heteroatoms. The van der Waals surface area contributed by atoms with Gasteiger partial charge in [-0.15, -0.1) is 0 Å². The number of imide groups is 2. The van der Waals surface area contributed by atoms with Gasteiger partial charge in [0.25, 0.3) is 0 Å². The average molecular weight is 308 g/mol. The third-order valence-electron chi connectivity index (χ3n) is 4.95. The van der Waals surface area contributed by atoms with Gasteiger partial charge in [0.05, 0.1) is 24.9 Å². The maximum atomic E-state index is 12.0. The molecule has 2 atom stereocenters. The van der Waals surface area contributed by atoms with E-state index in [0.717, 1.165) is 0 Å². The third kappa shape index (κ3) is 2.32. The first-order valence-corrected chi connectivity index (χ1v) is 7.49. The lowest BCUT2D eigenvalue weighted by Gasteiger charge is -2.38. The number of carbonyl (C=O) groups excluding carboxylic acids is 4. The van der Waals surface area contributed by atoms with Gasteiger partial charge in [-0.25, -0.2) is 0 Å². The van der Waals surface area contributed by atoms with Crippen molar-refractivity contribution in [1.29, 1.82) is 0 Å². The number of likely N-dealkylation sites (tertiary alicyclic amines) is 2. The van der Waals surface area contributed by atoms with E-state index in [0.29, 0.717) is 26.2 Å². The van der Waals surface area contributed by atoms with Gasteiger partial charge in [-0.3, -0.25) is 38.8 Å². The Morgan fingerprint density at radius 3 is 1.23 bits per heavy atom. The van der Waals surface area contributed by atoms with Crippen LogP contribution < -0.4 is 0 Å². The first kappa shape index (κ1) is 15.1. The number of rotatable bonds is 2. The van der Waals surface area contributed by atoms with Gasteiger partial charge in [0.2, 0.25) is 23.6 Å². The van der Waals surface area contributed by atoms with Crippen LogP contribution in [0, 0.1) is 0 Å². The Balaban J connectivity index is 1.60. The molecule has 3 saturated heterocycles. The highest BCUT2D eigenvalue weighted by atomic mass is 16.2. The standard InChI is InChI=1S/C14H20N4O4/c1-15-11(19)7-9(13(15)21)17-3-5-18(6-4-17)10-8-12(20)16(2)14(10)22/h9-10H,3-8H2,1-2H3/t9-,10-/m0/s1. The molecule has 0 N–H and O–H groups in total. The van der Waals surface area contributed by atoms with Gasteiger partial charge in [0, 0.05) is 40.3 Å². The van der Waals surface area contributed by atoms with Crippen LogP contribution in [0.3, 0.4) is 0 Å². The van der Waals surface area contributed by atoms with Gasteiger partial charge in [-0.2, -0.15) is 0 Å². The molecule has 0 aliphatic carbocycles. The summed E-state index contributed by atoms with van der Waals surface area (Å²) >= 11 is 0. The zero-order valence-corrected chi connectivity index (χ0v) is 12.8. The molecule has 4 amide bonds. The topological polar surface area (TPSA) is 81.2 Å². The third-order valence-corrected chi connectivity index (χ3v) is 4.95. The van der Waals surface area contributed by atoms with Gasteiger partial charge >= 0.3 is 0 Å². The molecule has 8 nitrogen and oxygen atoms in total. The molecule has 3 rings (SSSR count). The molecule has 0 aromatic rings. The SMILES string of the molecule is CN1C(=O)C[C@H](N2CCN([C@H]3CC(=O)N(C)C3=O)CC2)C1=O. The molecule has 0 bridgehead atoms. The Morgan fingerprint density at radius 2 is 1.00 bits per heavy atom. The van der Waals surface area contributed by atoms with Gasteiger partial charge in [-0.1, -0.05) is 0 Å². The molecule has 0 aromatic heterocycles. The van der Waals surface area contributed by atoms with Crippen molar-refractivity contribution < 1.29 is 19.2 Å². The summed E-state index contributed by atoms with van der Waals surface area (Å²) in [6, 6.07) is -0.744. The van der Waals surface area contributed by atoms with E-state index in [1.165, 1.54) is 23.9 Å². The molecule has 0 unspecified atom stereocenters. The first-order chi connectivity index (χ1) is 10.4. The number of hydrogen-bond acceptors (Lipinski definition) is 6. The van der Waals surface area contributed by atoms with Gasteiger partial charge < -0.3 is 0 Å². The maximum absolute atomic E-state index is 12.0. The Hall–Kier alpha value is -1.80. The lowest BCUT2D eigenvalue weighted by atomic mass is 10.1. The molecule has 3 aliphatic heterocycles. The molecule has 22 heavy (non-hydrogen) atoms. The number of carbonyl (C=O) groups is 4. The minimum Gasteiger partial charge on any atom is -0.289 e. The minimum atomic E-state index is -0.372. The van der Waals surface area contributed by atoms with E-state index in [9.17, 15) is 19.2 Å². The van der Waals surface area contributed by atoms with Crippen LogP contribution in [0.2, 0.25) is 0 Å². The van der Waals surface area contributed by atoms with Crippen molar-refractivity contribution in [1.82, 2.24) is 19.6 Å². The van der Waals surface area contributed by atoms with Gasteiger partial charge in [0.15, 0.2) is 0 Å². The largest absolute Gasteiger partial charge is 0.289 e. The summed E-state index contributed by atoms with van der Waals surface area (Å²) in [6.45, 7) is 2.50. The Labute approximate surface area is 128 Å². The van der Waals surface area contributed by atoms with Gasteiger partial charge in [0.1, 0.15) is 0 Å². The van der Waals surface area contributed by atoms with E-state index in [-0.39, 0.29) is 48.6 Å². The Kier molecular flexibility index (Phi) is 3.73. The highest BCUT2D eigenvalue weighted by Crippen LogP contribution is 2.22. The lowest BCUT2D eigenvalue weighted by Crippen LogP contribution is -2.55. The molecule has 3 fully saturated rings. The Bertz CT molecular complexity index is 493. The molecule has 0 aromatic carbocycles. The normalized spacial score (nSPS) is 31.7. The highest BCUT2D eigenvalue weighted by molar-refractivity contribution is 6.05. The monoisotopic (exact) mass is 308 g/mol. The van der Waals surface area contributed by atoms with E-state index >= 15 is 0 Å². The van der Waals surface area contributed by atoms with E-state index in [1.54, 1.807) is 0 Å². The van der Waals surface area contributed by atoms with Crippen molar-refractivity contribution >= 4 is 23.6 Å². The maximum Gasteiger partial charge on any atom is 0.246 e. The van der Waals surface area contributed by atoms with E-state index < -0.39 is 0 Å². The van der Waals surface area contributed by atoms with Crippen LogP contribution >= 0.6 is 0 Å². The quantitative estimate of drug-likeness (QED) is 0.555. The molecule has 3 aliphatic rings. The predicted molar refractivity (Wildman–Crippen MR) is 75.5 cm³/mol. The highest BCUT2D eigenvalue weighted by Gasteiger charge is 2.44. The van der Waals surface area contributed by atoms with Crippen molar-refractivity contribution in [2.24, 2.45) is 0 Å². The second-order valence-electron chi connectivity index (χ2n) is 6.09. The fourth-order valence-electron chi connectivity index (χ4n) is 3.40. The van der Waals surface area contributed by atoms with Crippen molar-refractivity contribution in [3.8, 4) is 0 Å². The summed E-state index contributed by atoms with van der Waals surface area (Å²) in [6.07, 6.45) is 0.470. The summed E-state index contributed by atoms with van der Waals surface area (Å²) in [5.41, 5.74) is 0. The second-order valence-corrected chi connectivity index (χ2v) is 6.09. The number of piperazine rings is 1. The molecular weight excluding hydrogens is 288 g/mol. The van der Waals surface area contributed by atoms with Crippen LogP contribution in [0.15, 0.2) is 0 Å². The van der Waals surface area contributed by atoms with Crippen molar-refractivity contribution in [2.75, 3.05) is 40.3 Å². The fraction of sp³-hybridized carbons (Fsp3) is 0.714. The molecule has 3 heterocycles. The number of amides is 4. The van der Waals surface area contributed by atoms with Crippen LogP contribution in [-0.2, 0) is 19.2 Å². The summed E-state index contributed by atoms with van der Waals surface area (Å²) in [5, 5.41) is 0. The van der Waals surface area contributed by atoms with Crippen LogP contribution in [0.25, 0.3) is 0 Å². The Morgan fingerprint density at radius 1 is 0.682 bits per heavy atom. The van der Waals surface area contributed by atoms with E-state index in [2.05, 4.69) is 0 Å². The summed E-state index contributed by atoms with van der Waals surface area (Å²) in [4.78, 5) is 53.7. The zero-order chi connectivity index (χ0) is 16.0. The van der Waals surface area contributed by atoms with Crippen LogP contribution in [0.5, 0.6) is 0 Å². The van der Waals surface area contributed by atoms with Crippen molar-refractivity contribution in [2.45, 2.75) is 24.9 Å². The zero-order valence-electron chi connectivity index (χ0n) is 12.8. The molecule has 120 valence electrons. The van der Waals surface area contributed by atoms with Crippen molar-refractivity contribution in [3.63, 3.8) is 0 Å².